The van der Waals surface area contributed by atoms with Gasteiger partial charge in [-0.25, -0.2) is 0 Å². The molecule has 0 aromatic carbocycles. The van der Waals surface area contributed by atoms with E-state index in [1.165, 1.54) is 4.90 Å². The third-order valence-electron chi connectivity index (χ3n) is 1.60. The van der Waals surface area contributed by atoms with Gasteiger partial charge in [0, 0.05) is 0 Å². The zero-order chi connectivity index (χ0) is 9.61. The highest BCUT2D eigenvalue weighted by molar-refractivity contribution is 4.68. The first kappa shape index (κ1) is 11.8. The Morgan fingerprint density at radius 2 is 1.50 bits per heavy atom. The van der Waals surface area contributed by atoms with Crippen LogP contribution in [0.5, 0.6) is 0 Å². The van der Waals surface area contributed by atoms with Gasteiger partial charge in [-0.05, 0) is 25.9 Å². The Morgan fingerprint density at radius 3 is 1.83 bits per heavy atom. The molecule has 4 heteroatoms. The summed E-state index contributed by atoms with van der Waals surface area (Å²) in [6.07, 6.45) is -2.18. The second-order valence-corrected chi connectivity index (χ2v) is 2.60. The molecule has 0 N–H and O–H groups in total. The summed E-state index contributed by atoms with van der Waals surface area (Å²) in [5, 5.41) is 0. The summed E-state index contributed by atoms with van der Waals surface area (Å²) >= 11 is 0. The van der Waals surface area contributed by atoms with Crippen LogP contribution in [0.2, 0.25) is 0 Å². The van der Waals surface area contributed by atoms with E-state index in [9.17, 15) is 13.2 Å². The van der Waals surface area contributed by atoms with Crippen molar-refractivity contribution in [2.45, 2.75) is 32.9 Å². The first-order chi connectivity index (χ1) is 5.58. The van der Waals surface area contributed by atoms with Gasteiger partial charge in [0.05, 0.1) is 6.54 Å². The Labute approximate surface area is 71.6 Å². The number of alkyl halides is 3. The molecule has 1 heterocycles. The lowest BCUT2D eigenvalue weighted by molar-refractivity contribution is -0.143. The van der Waals surface area contributed by atoms with Crippen LogP contribution in [0.4, 0.5) is 13.2 Å². The van der Waals surface area contributed by atoms with Crippen molar-refractivity contribution in [1.29, 1.82) is 0 Å². The maximum atomic E-state index is 11.7. The van der Waals surface area contributed by atoms with Gasteiger partial charge in [0.15, 0.2) is 0 Å². The lowest BCUT2D eigenvalue weighted by Gasteiger charge is -2.16. The summed E-state index contributed by atoms with van der Waals surface area (Å²) in [6, 6.07) is 0. The quantitative estimate of drug-likeness (QED) is 0.604. The molecule has 0 amide bonds. The van der Waals surface area contributed by atoms with Crippen LogP contribution in [0.3, 0.4) is 0 Å². The van der Waals surface area contributed by atoms with Gasteiger partial charge < -0.3 is 0 Å². The standard InChI is InChI=1S/C6H10F3N.C2H6/c7-6(8,9)5-10-3-1-2-4-10;1-2/h1-5H2;1-2H3. The van der Waals surface area contributed by atoms with Crippen LogP contribution in [0, 0.1) is 0 Å². The number of nitrogens with zero attached hydrogens (tertiary/aromatic N) is 1. The smallest absolute Gasteiger partial charge is 0.295 e. The minimum absolute atomic E-state index is 0.611. The van der Waals surface area contributed by atoms with Crippen molar-refractivity contribution >= 4 is 0 Å². The summed E-state index contributed by atoms with van der Waals surface area (Å²) in [7, 11) is 0. The van der Waals surface area contributed by atoms with Crippen LogP contribution in [-0.4, -0.2) is 30.7 Å². The van der Waals surface area contributed by atoms with Gasteiger partial charge in [0.2, 0.25) is 0 Å². The molecule has 0 aromatic rings. The third-order valence-corrected chi connectivity index (χ3v) is 1.60. The summed E-state index contributed by atoms with van der Waals surface area (Å²) in [6.45, 7) is 4.49. The second-order valence-electron chi connectivity index (χ2n) is 2.60. The Balaban J connectivity index is 0.000000561. The number of hydrogen-bond acceptors (Lipinski definition) is 1. The molecule has 0 aliphatic carbocycles. The molecule has 0 aromatic heterocycles. The predicted octanol–water partition coefficient (Wildman–Crippen LogP) is 2.67. The first-order valence-corrected chi connectivity index (χ1v) is 4.37. The van der Waals surface area contributed by atoms with Crippen molar-refractivity contribution in [2.75, 3.05) is 19.6 Å². The molecule has 0 spiro atoms. The van der Waals surface area contributed by atoms with Crippen LogP contribution < -0.4 is 0 Å². The Hall–Kier alpha value is -0.250. The van der Waals surface area contributed by atoms with Crippen molar-refractivity contribution in [3.8, 4) is 0 Å². The molecular weight excluding hydrogens is 167 g/mol. The predicted molar refractivity (Wildman–Crippen MR) is 43.1 cm³/mol. The van der Waals surface area contributed by atoms with Crippen molar-refractivity contribution in [1.82, 2.24) is 4.90 Å². The summed E-state index contributed by atoms with van der Waals surface area (Å²) in [4.78, 5) is 1.44. The number of rotatable bonds is 1. The fourth-order valence-electron chi connectivity index (χ4n) is 1.19. The van der Waals surface area contributed by atoms with E-state index < -0.39 is 12.7 Å². The fraction of sp³-hybridized carbons (Fsp3) is 1.00. The highest BCUT2D eigenvalue weighted by atomic mass is 19.4. The van der Waals surface area contributed by atoms with Crippen LogP contribution >= 0.6 is 0 Å². The van der Waals surface area contributed by atoms with Gasteiger partial charge in [-0.2, -0.15) is 13.2 Å². The maximum absolute atomic E-state index is 11.7. The molecule has 0 bridgehead atoms. The van der Waals surface area contributed by atoms with Crippen LogP contribution in [-0.2, 0) is 0 Å². The Morgan fingerprint density at radius 1 is 1.08 bits per heavy atom. The van der Waals surface area contributed by atoms with Gasteiger partial charge in [0.1, 0.15) is 0 Å². The van der Waals surface area contributed by atoms with Crippen LogP contribution in [0.15, 0.2) is 0 Å². The lowest BCUT2D eigenvalue weighted by Crippen LogP contribution is -2.31. The summed E-state index contributed by atoms with van der Waals surface area (Å²) in [5.41, 5.74) is 0. The minimum Gasteiger partial charge on any atom is -0.295 e. The molecule has 0 unspecified atom stereocenters. The number of likely N-dealkylation sites (tertiary alicyclic amines) is 1. The van der Waals surface area contributed by atoms with Crippen molar-refractivity contribution in [3.05, 3.63) is 0 Å². The summed E-state index contributed by atoms with van der Waals surface area (Å²) in [5.74, 6) is 0. The molecule has 12 heavy (non-hydrogen) atoms. The zero-order valence-corrected chi connectivity index (χ0v) is 7.62. The molecular formula is C8H16F3N. The van der Waals surface area contributed by atoms with E-state index in [0.29, 0.717) is 13.1 Å². The second kappa shape index (κ2) is 5.41. The summed E-state index contributed by atoms with van der Waals surface area (Å²) < 4.78 is 35.0. The van der Waals surface area contributed by atoms with Gasteiger partial charge >= 0.3 is 6.18 Å². The molecule has 0 saturated carbocycles. The van der Waals surface area contributed by atoms with E-state index in [4.69, 9.17) is 0 Å². The monoisotopic (exact) mass is 183 g/mol. The first-order valence-electron chi connectivity index (χ1n) is 4.37. The molecule has 1 nitrogen and oxygen atoms in total. The molecule has 1 saturated heterocycles. The Bertz CT molecular complexity index is 105. The number of hydrogen-bond donors (Lipinski definition) is 0. The molecule has 1 aliphatic heterocycles. The Kier molecular flexibility index (Phi) is 5.29. The molecule has 1 rings (SSSR count). The SMILES string of the molecule is CC.FC(F)(F)CN1CCCC1. The minimum atomic E-state index is -4.01. The van der Waals surface area contributed by atoms with E-state index in [1.54, 1.807) is 0 Å². The molecule has 0 radical (unpaired) electrons. The fourth-order valence-corrected chi connectivity index (χ4v) is 1.19. The highest BCUT2D eigenvalue weighted by Gasteiger charge is 2.31. The molecule has 1 fully saturated rings. The van der Waals surface area contributed by atoms with Crippen LogP contribution in [0.25, 0.3) is 0 Å². The van der Waals surface area contributed by atoms with Crippen molar-refractivity contribution in [3.63, 3.8) is 0 Å². The molecule has 74 valence electrons. The van der Waals surface area contributed by atoms with Gasteiger partial charge in [-0.15, -0.1) is 0 Å². The largest absolute Gasteiger partial charge is 0.401 e. The van der Waals surface area contributed by atoms with E-state index in [2.05, 4.69) is 0 Å². The highest BCUT2D eigenvalue weighted by Crippen LogP contribution is 2.19. The maximum Gasteiger partial charge on any atom is 0.401 e. The average molecular weight is 183 g/mol. The van der Waals surface area contributed by atoms with E-state index in [1.807, 2.05) is 13.8 Å². The van der Waals surface area contributed by atoms with Crippen molar-refractivity contribution in [2.24, 2.45) is 0 Å². The van der Waals surface area contributed by atoms with Gasteiger partial charge in [-0.1, -0.05) is 13.8 Å². The average Bonchev–Trinajstić information content (AvgIpc) is 2.41. The van der Waals surface area contributed by atoms with Crippen LogP contribution in [0.1, 0.15) is 26.7 Å². The van der Waals surface area contributed by atoms with E-state index >= 15 is 0 Å². The van der Waals surface area contributed by atoms with E-state index in [0.717, 1.165) is 12.8 Å². The normalized spacial score (nSPS) is 18.8. The van der Waals surface area contributed by atoms with E-state index in [-0.39, 0.29) is 0 Å². The third kappa shape index (κ3) is 5.41. The zero-order valence-electron chi connectivity index (χ0n) is 7.62. The molecule has 0 atom stereocenters. The molecule has 1 aliphatic rings. The van der Waals surface area contributed by atoms with Crippen molar-refractivity contribution < 1.29 is 13.2 Å². The van der Waals surface area contributed by atoms with Gasteiger partial charge in [-0.3, -0.25) is 4.90 Å². The van der Waals surface area contributed by atoms with Gasteiger partial charge in [0.25, 0.3) is 0 Å². The number of halogens is 3. The lowest BCUT2D eigenvalue weighted by atomic mass is 10.4. The topological polar surface area (TPSA) is 3.24 Å².